The lowest BCUT2D eigenvalue weighted by Gasteiger charge is -2.08. The fourth-order valence-electron chi connectivity index (χ4n) is 2.28. The summed E-state index contributed by atoms with van der Waals surface area (Å²) >= 11 is 0. The molecule has 2 aromatic rings. The van der Waals surface area contributed by atoms with Crippen LogP contribution in [-0.2, 0) is 20.1 Å². The van der Waals surface area contributed by atoms with Crippen molar-refractivity contribution in [1.82, 2.24) is 18.7 Å². The van der Waals surface area contributed by atoms with Crippen molar-refractivity contribution in [2.45, 2.75) is 26.9 Å². The maximum Gasteiger partial charge on any atom is 0.332 e. The quantitative estimate of drug-likeness (QED) is 0.755. The van der Waals surface area contributed by atoms with Crippen molar-refractivity contribution in [2.75, 3.05) is 18.4 Å². The van der Waals surface area contributed by atoms with E-state index < -0.39 is 0 Å². The molecule has 110 valence electrons. The molecule has 0 spiro atoms. The zero-order chi connectivity index (χ0) is 14.9. The molecule has 0 radical (unpaired) electrons. The molecule has 0 aliphatic rings. The number of rotatable bonds is 5. The topological polar surface area (TPSA) is 99.9 Å². The first-order valence-electron chi connectivity index (χ1n) is 6.70. The first-order chi connectivity index (χ1) is 9.56. The highest BCUT2D eigenvalue weighted by Crippen LogP contribution is 2.14. The molecule has 8 nitrogen and oxygen atoms in total. The van der Waals surface area contributed by atoms with Crippen LogP contribution in [0.15, 0.2) is 9.59 Å². The molecule has 0 atom stereocenters. The standard InChI is InChI=1S/C12H20N6O2/c1-4-17-8-9(15-11(17)14-7-6-13)16(3)12(20)18(5-2)10(8)19/h4-7,13H2,1-3H3,(H,14,15). The predicted molar refractivity (Wildman–Crippen MR) is 78.1 cm³/mol. The summed E-state index contributed by atoms with van der Waals surface area (Å²) in [6.45, 7) is 5.64. The third-order valence-corrected chi connectivity index (χ3v) is 3.29. The average Bonchev–Trinajstić information content (AvgIpc) is 2.82. The van der Waals surface area contributed by atoms with Gasteiger partial charge in [-0.3, -0.25) is 13.9 Å². The molecule has 0 bridgehead atoms. The van der Waals surface area contributed by atoms with Crippen LogP contribution < -0.4 is 22.3 Å². The van der Waals surface area contributed by atoms with E-state index in [1.165, 1.54) is 9.13 Å². The van der Waals surface area contributed by atoms with Crippen LogP contribution in [0.3, 0.4) is 0 Å². The van der Waals surface area contributed by atoms with E-state index in [4.69, 9.17) is 5.73 Å². The smallest absolute Gasteiger partial charge is 0.332 e. The van der Waals surface area contributed by atoms with Crippen molar-refractivity contribution in [2.24, 2.45) is 12.8 Å². The van der Waals surface area contributed by atoms with E-state index in [-0.39, 0.29) is 11.2 Å². The molecule has 20 heavy (non-hydrogen) atoms. The number of aryl methyl sites for hydroxylation is 2. The van der Waals surface area contributed by atoms with Crippen molar-refractivity contribution < 1.29 is 0 Å². The van der Waals surface area contributed by atoms with Crippen molar-refractivity contribution >= 4 is 17.1 Å². The first-order valence-corrected chi connectivity index (χ1v) is 6.70. The number of imidazole rings is 1. The number of fused-ring (bicyclic) bond motifs is 1. The molecule has 2 aromatic heterocycles. The summed E-state index contributed by atoms with van der Waals surface area (Å²) < 4.78 is 4.39. The van der Waals surface area contributed by atoms with E-state index in [1.54, 1.807) is 18.5 Å². The molecule has 0 saturated carbocycles. The Kier molecular flexibility index (Phi) is 3.93. The highest BCUT2D eigenvalue weighted by atomic mass is 16.2. The van der Waals surface area contributed by atoms with Crippen molar-refractivity contribution in [1.29, 1.82) is 0 Å². The van der Waals surface area contributed by atoms with Crippen LogP contribution in [-0.4, -0.2) is 31.8 Å². The highest BCUT2D eigenvalue weighted by molar-refractivity contribution is 5.74. The number of nitrogens with two attached hydrogens (primary N) is 1. The summed E-state index contributed by atoms with van der Waals surface area (Å²) in [7, 11) is 1.62. The monoisotopic (exact) mass is 280 g/mol. The van der Waals surface area contributed by atoms with Crippen LogP contribution in [0.25, 0.3) is 11.2 Å². The Hall–Kier alpha value is -2.09. The van der Waals surface area contributed by atoms with E-state index in [0.29, 0.717) is 43.3 Å². The van der Waals surface area contributed by atoms with E-state index in [0.717, 1.165) is 0 Å². The zero-order valence-corrected chi connectivity index (χ0v) is 12.0. The number of aromatic nitrogens is 4. The molecule has 3 N–H and O–H groups in total. The minimum absolute atomic E-state index is 0.305. The summed E-state index contributed by atoms with van der Waals surface area (Å²) in [5, 5.41) is 3.08. The molecule has 8 heteroatoms. The van der Waals surface area contributed by atoms with Gasteiger partial charge in [0.05, 0.1) is 0 Å². The van der Waals surface area contributed by atoms with Crippen LogP contribution >= 0.6 is 0 Å². The van der Waals surface area contributed by atoms with E-state index in [9.17, 15) is 9.59 Å². The van der Waals surface area contributed by atoms with Gasteiger partial charge in [0.1, 0.15) is 0 Å². The van der Waals surface area contributed by atoms with Crippen molar-refractivity contribution in [3.05, 3.63) is 20.8 Å². The third-order valence-electron chi connectivity index (χ3n) is 3.29. The van der Waals surface area contributed by atoms with E-state index in [1.807, 2.05) is 6.92 Å². The number of anilines is 1. The molecule has 2 rings (SSSR count). The zero-order valence-electron chi connectivity index (χ0n) is 12.0. The lowest BCUT2D eigenvalue weighted by molar-refractivity contribution is 0.633. The second kappa shape index (κ2) is 5.49. The lowest BCUT2D eigenvalue weighted by Crippen LogP contribution is -2.39. The van der Waals surface area contributed by atoms with Crippen molar-refractivity contribution in [3.63, 3.8) is 0 Å². The van der Waals surface area contributed by atoms with Gasteiger partial charge in [-0.15, -0.1) is 0 Å². The average molecular weight is 280 g/mol. The predicted octanol–water partition coefficient (Wildman–Crippen LogP) is -0.693. The van der Waals surface area contributed by atoms with Crippen LogP contribution in [0.4, 0.5) is 5.95 Å². The Balaban J connectivity index is 2.84. The van der Waals surface area contributed by atoms with Gasteiger partial charge in [0.25, 0.3) is 5.56 Å². The van der Waals surface area contributed by atoms with E-state index >= 15 is 0 Å². The molecule has 0 aliphatic carbocycles. The van der Waals surface area contributed by atoms with Gasteiger partial charge in [0.2, 0.25) is 5.95 Å². The number of hydrogen-bond acceptors (Lipinski definition) is 5. The fourth-order valence-corrected chi connectivity index (χ4v) is 2.28. The fraction of sp³-hybridized carbons (Fsp3) is 0.583. The maximum absolute atomic E-state index is 12.4. The van der Waals surface area contributed by atoms with Crippen LogP contribution in [0.1, 0.15) is 13.8 Å². The normalized spacial score (nSPS) is 11.2. The van der Waals surface area contributed by atoms with Gasteiger partial charge in [-0.2, -0.15) is 4.98 Å². The SMILES string of the molecule is CCn1c(=O)c2c(nc(NCCN)n2CC)n(C)c1=O. The molecule has 0 fully saturated rings. The number of nitrogens with zero attached hydrogens (tertiary/aromatic N) is 4. The third kappa shape index (κ3) is 2.01. The molecule has 0 unspecified atom stereocenters. The number of nitrogens with one attached hydrogen (secondary N) is 1. The van der Waals surface area contributed by atoms with Gasteiger partial charge >= 0.3 is 5.69 Å². The lowest BCUT2D eigenvalue weighted by atomic mass is 10.4. The van der Waals surface area contributed by atoms with Crippen LogP contribution in [0.5, 0.6) is 0 Å². The summed E-state index contributed by atoms with van der Waals surface area (Å²) in [6.07, 6.45) is 0. The Morgan fingerprint density at radius 3 is 2.40 bits per heavy atom. The summed E-state index contributed by atoms with van der Waals surface area (Å²) in [5.74, 6) is 0.564. The molecule has 0 saturated heterocycles. The molecule has 0 amide bonds. The summed E-state index contributed by atoms with van der Waals surface area (Å²) in [6, 6.07) is 0. The largest absolute Gasteiger partial charge is 0.354 e. The molecule has 2 heterocycles. The van der Waals surface area contributed by atoms with Gasteiger partial charge in [0, 0.05) is 33.2 Å². The van der Waals surface area contributed by atoms with Gasteiger partial charge in [-0.05, 0) is 13.8 Å². The minimum atomic E-state index is -0.351. The van der Waals surface area contributed by atoms with Crippen molar-refractivity contribution in [3.8, 4) is 0 Å². The summed E-state index contributed by atoms with van der Waals surface area (Å²) in [4.78, 5) is 28.9. The second-order valence-electron chi connectivity index (χ2n) is 4.46. The molecular formula is C12H20N6O2. The van der Waals surface area contributed by atoms with Gasteiger partial charge in [-0.1, -0.05) is 0 Å². The first kappa shape index (κ1) is 14.3. The molecular weight excluding hydrogens is 260 g/mol. The Morgan fingerprint density at radius 1 is 1.20 bits per heavy atom. The van der Waals surface area contributed by atoms with Crippen LogP contribution in [0.2, 0.25) is 0 Å². The van der Waals surface area contributed by atoms with E-state index in [2.05, 4.69) is 10.3 Å². The minimum Gasteiger partial charge on any atom is -0.354 e. The Bertz CT molecular complexity index is 739. The Morgan fingerprint density at radius 2 is 1.85 bits per heavy atom. The molecule has 0 aliphatic heterocycles. The number of hydrogen-bond donors (Lipinski definition) is 2. The highest BCUT2D eigenvalue weighted by Gasteiger charge is 2.18. The van der Waals surface area contributed by atoms with Gasteiger partial charge in [0.15, 0.2) is 11.2 Å². The summed E-state index contributed by atoms with van der Waals surface area (Å²) in [5.41, 5.74) is 5.65. The second-order valence-corrected chi connectivity index (χ2v) is 4.46. The Labute approximate surface area is 115 Å². The maximum atomic E-state index is 12.4. The van der Waals surface area contributed by atoms with Gasteiger partial charge in [-0.25, -0.2) is 4.79 Å². The van der Waals surface area contributed by atoms with Crippen LogP contribution in [0, 0.1) is 0 Å². The molecule has 0 aromatic carbocycles. The van der Waals surface area contributed by atoms with Gasteiger partial charge < -0.3 is 15.6 Å².